The summed E-state index contributed by atoms with van der Waals surface area (Å²) in [4.78, 5) is 24.5. The summed E-state index contributed by atoms with van der Waals surface area (Å²) in [5.41, 5.74) is 3.75. The molecule has 4 rings (SSSR count). The third-order valence-electron chi connectivity index (χ3n) is 5.30. The highest BCUT2D eigenvalue weighted by atomic mass is 16.4. The van der Waals surface area contributed by atoms with E-state index < -0.39 is 5.97 Å². The van der Waals surface area contributed by atoms with Crippen molar-refractivity contribution >= 4 is 22.6 Å². The smallest absolute Gasteiger partial charge is 0.337 e. The lowest BCUT2D eigenvalue weighted by Gasteiger charge is -2.19. The van der Waals surface area contributed by atoms with Crippen molar-refractivity contribution < 1.29 is 14.3 Å². The Balaban J connectivity index is 1.83. The molecule has 32 heavy (non-hydrogen) atoms. The van der Waals surface area contributed by atoms with E-state index in [1.54, 1.807) is 48.5 Å². The van der Waals surface area contributed by atoms with Gasteiger partial charge in [-0.1, -0.05) is 18.2 Å². The minimum atomic E-state index is -1.02. The molecule has 1 heterocycles. The van der Waals surface area contributed by atoms with E-state index in [1.807, 2.05) is 19.9 Å². The number of para-hydroxylation sites is 1. The molecule has 1 unspecified atom stereocenters. The second-order valence-electron chi connectivity index (χ2n) is 7.61. The number of hydrogen-bond donors (Lipinski definition) is 2. The summed E-state index contributed by atoms with van der Waals surface area (Å²) in [6.07, 6.45) is 0. The number of hydrogen-bond acceptors (Lipinski definition) is 5. The molecule has 1 aromatic heterocycles. The van der Waals surface area contributed by atoms with Gasteiger partial charge in [0.1, 0.15) is 11.3 Å². The molecule has 0 aliphatic carbocycles. The summed E-state index contributed by atoms with van der Waals surface area (Å²) in [5.74, 6) is -0.626. The summed E-state index contributed by atoms with van der Waals surface area (Å²) in [6, 6.07) is 20.4. The number of fused-ring (bicyclic) bond motifs is 1. The SMILES string of the molecule is Cc1cc(C(C)Nc2ccccc2C(=O)O)c2oc(-c3ccc(C#N)cc3)cc(=O)c2c1. The second kappa shape index (κ2) is 8.40. The first-order chi connectivity index (χ1) is 15.4. The molecule has 0 bridgehead atoms. The number of aromatic carboxylic acids is 1. The molecule has 1 atom stereocenters. The Labute approximate surface area is 184 Å². The fraction of sp³-hybridized carbons (Fsp3) is 0.115. The lowest BCUT2D eigenvalue weighted by Crippen LogP contribution is -2.12. The number of anilines is 1. The first kappa shape index (κ1) is 20.9. The van der Waals surface area contributed by atoms with E-state index in [0.717, 1.165) is 11.1 Å². The molecule has 6 nitrogen and oxygen atoms in total. The molecular weight excluding hydrogens is 404 g/mol. The molecule has 158 valence electrons. The molecule has 0 spiro atoms. The number of nitriles is 1. The van der Waals surface area contributed by atoms with E-state index >= 15 is 0 Å². The zero-order chi connectivity index (χ0) is 22.8. The highest BCUT2D eigenvalue weighted by molar-refractivity contribution is 5.94. The lowest BCUT2D eigenvalue weighted by atomic mass is 10.00. The summed E-state index contributed by atoms with van der Waals surface area (Å²) in [5, 5.41) is 22.2. The molecule has 6 heteroatoms. The van der Waals surface area contributed by atoms with E-state index in [4.69, 9.17) is 9.68 Å². The minimum absolute atomic E-state index is 0.163. The number of carboxylic acid groups (broad SMARTS) is 1. The number of nitrogens with zero attached hydrogens (tertiary/aromatic N) is 1. The zero-order valence-corrected chi connectivity index (χ0v) is 17.5. The highest BCUT2D eigenvalue weighted by Crippen LogP contribution is 2.31. The van der Waals surface area contributed by atoms with Gasteiger partial charge in [0, 0.05) is 22.9 Å². The second-order valence-corrected chi connectivity index (χ2v) is 7.61. The van der Waals surface area contributed by atoms with Gasteiger partial charge in [-0.3, -0.25) is 4.79 Å². The van der Waals surface area contributed by atoms with Crippen LogP contribution in [0.3, 0.4) is 0 Å². The zero-order valence-electron chi connectivity index (χ0n) is 17.5. The van der Waals surface area contributed by atoms with Gasteiger partial charge >= 0.3 is 5.97 Å². The average Bonchev–Trinajstić information content (AvgIpc) is 2.79. The Bertz CT molecular complexity index is 1430. The average molecular weight is 424 g/mol. The van der Waals surface area contributed by atoms with Crippen molar-refractivity contribution in [3.8, 4) is 17.4 Å². The first-order valence-corrected chi connectivity index (χ1v) is 10.0. The maximum absolute atomic E-state index is 12.9. The van der Waals surface area contributed by atoms with Crippen LogP contribution in [0.15, 0.2) is 75.9 Å². The third-order valence-corrected chi connectivity index (χ3v) is 5.30. The monoisotopic (exact) mass is 424 g/mol. The van der Waals surface area contributed by atoms with Gasteiger partial charge in [0.2, 0.25) is 0 Å². The summed E-state index contributed by atoms with van der Waals surface area (Å²) >= 11 is 0. The highest BCUT2D eigenvalue weighted by Gasteiger charge is 2.18. The first-order valence-electron chi connectivity index (χ1n) is 10.0. The predicted molar refractivity (Wildman–Crippen MR) is 123 cm³/mol. The molecule has 0 saturated heterocycles. The Morgan fingerprint density at radius 1 is 1.09 bits per heavy atom. The van der Waals surface area contributed by atoms with Gasteiger partial charge in [-0.15, -0.1) is 0 Å². The molecule has 0 amide bonds. The van der Waals surface area contributed by atoms with Crippen LogP contribution in [0.2, 0.25) is 0 Å². The Hall–Kier alpha value is -4.37. The third kappa shape index (κ3) is 3.96. The molecule has 0 aliphatic heterocycles. The van der Waals surface area contributed by atoms with E-state index in [2.05, 4.69) is 11.4 Å². The van der Waals surface area contributed by atoms with Crippen LogP contribution < -0.4 is 10.7 Å². The van der Waals surface area contributed by atoms with Crippen molar-refractivity contribution in [3.05, 3.63) is 99.2 Å². The Kier molecular flexibility index (Phi) is 5.48. The molecule has 0 fully saturated rings. The van der Waals surface area contributed by atoms with Crippen molar-refractivity contribution in [2.45, 2.75) is 19.9 Å². The quantitative estimate of drug-likeness (QED) is 0.438. The van der Waals surface area contributed by atoms with Crippen molar-refractivity contribution in [1.29, 1.82) is 5.26 Å². The van der Waals surface area contributed by atoms with Gasteiger partial charge in [-0.2, -0.15) is 5.26 Å². The van der Waals surface area contributed by atoms with Gasteiger partial charge in [0.15, 0.2) is 5.43 Å². The van der Waals surface area contributed by atoms with E-state index in [9.17, 15) is 14.7 Å². The molecule has 0 aliphatic rings. The van der Waals surface area contributed by atoms with E-state index in [0.29, 0.717) is 33.5 Å². The van der Waals surface area contributed by atoms with Crippen molar-refractivity contribution in [3.63, 3.8) is 0 Å². The number of carbonyl (C=O) groups is 1. The fourth-order valence-electron chi connectivity index (χ4n) is 3.71. The van der Waals surface area contributed by atoms with Crippen LogP contribution in [0.4, 0.5) is 5.69 Å². The van der Waals surface area contributed by atoms with E-state index in [1.165, 1.54) is 12.1 Å². The molecule has 2 N–H and O–H groups in total. The Morgan fingerprint density at radius 2 is 1.81 bits per heavy atom. The predicted octanol–water partition coefficient (Wildman–Crippen LogP) is 5.51. The van der Waals surface area contributed by atoms with Crippen LogP contribution >= 0.6 is 0 Å². The molecule has 0 radical (unpaired) electrons. The number of carboxylic acids is 1. The van der Waals surface area contributed by atoms with Gasteiger partial charge in [0.05, 0.1) is 28.6 Å². The van der Waals surface area contributed by atoms with Crippen LogP contribution in [0.1, 0.15) is 40.0 Å². The molecule has 4 aromatic rings. The number of aryl methyl sites for hydroxylation is 1. The lowest BCUT2D eigenvalue weighted by molar-refractivity contribution is 0.0698. The van der Waals surface area contributed by atoms with Crippen LogP contribution in [0.25, 0.3) is 22.3 Å². The van der Waals surface area contributed by atoms with Gasteiger partial charge < -0.3 is 14.8 Å². The van der Waals surface area contributed by atoms with Crippen LogP contribution in [-0.4, -0.2) is 11.1 Å². The van der Waals surface area contributed by atoms with Crippen molar-refractivity contribution in [2.75, 3.05) is 5.32 Å². The number of nitrogens with one attached hydrogen (secondary N) is 1. The molecule has 0 saturated carbocycles. The minimum Gasteiger partial charge on any atom is -0.478 e. The maximum atomic E-state index is 12.9. The van der Waals surface area contributed by atoms with Crippen LogP contribution in [0, 0.1) is 18.3 Å². The maximum Gasteiger partial charge on any atom is 0.337 e. The van der Waals surface area contributed by atoms with Crippen molar-refractivity contribution in [1.82, 2.24) is 0 Å². The Morgan fingerprint density at radius 3 is 2.50 bits per heavy atom. The number of benzene rings is 3. The topological polar surface area (TPSA) is 103 Å². The molecular formula is C26H20N2O4. The van der Waals surface area contributed by atoms with Gasteiger partial charge in [-0.25, -0.2) is 4.79 Å². The van der Waals surface area contributed by atoms with E-state index in [-0.39, 0.29) is 17.0 Å². The standard InChI is InChI=1S/C26H20N2O4/c1-15-11-20(16(2)28-22-6-4-3-5-19(22)26(30)31)25-21(12-15)23(29)13-24(32-25)18-9-7-17(14-27)8-10-18/h3-13,16,28H,1-2H3,(H,30,31). The van der Waals surface area contributed by atoms with Crippen LogP contribution in [0.5, 0.6) is 0 Å². The van der Waals surface area contributed by atoms with Crippen molar-refractivity contribution in [2.24, 2.45) is 0 Å². The largest absolute Gasteiger partial charge is 0.478 e. The summed E-state index contributed by atoms with van der Waals surface area (Å²) in [7, 11) is 0. The van der Waals surface area contributed by atoms with Crippen LogP contribution in [-0.2, 0) is 0 Å². The molecule has 3 aromatic carbocycles. The fourth-order valence-corrected chi connectivity index (χ4v) is 3.71. The van der Waals surface area contributed by atoms with Gasteiger partial charge in [-0.05, 0) is 61.9 Å². The summed E-state index contributed by atoms with van der Waals surface area (Å²) in [6.45, 7) is 3.79. The van der Waals surface area contributed by atoms with Gasteiger partial charge in [0.25, 0.3) is 0 Å². The normalized spacial score (nSPS) is 11.7. The number of rotatable bonds is 5. The summed E-state index contributed by atoms with van der Waals surface area (Å²) < 4.78 is 6.19.